The molecule has 1 saturated carbocycles. The Morgan fingerprint density at radius 3 is 2.86 bits per heavy atom. The van der Waals surface area contributed by atoms with Crippen LogP contribution in [0.15, 0.2) is 30.3 Å². The van der Waals surface area contributed by atoms with E-state index in [4.69, 9.17) is 4.74 Å². The topological polar surface area (TPSA) is 42.4 Å². The van der Waals surface area contributed by atoms with Crippen molar-refractivity contribution in [3.63, 3.8) is 0 Å². The van der Waals surface area contributed by atoms with E-state index in [1.807, 2.05) is 30.3 Å². The van der Waals surface area contributed by atoms with Crippen molar-refractivity contribution in [1.29, 1.82) is 0 Å². The normalized spacial score (nSPS) is 22.4. The second-order valence-corrected chi connectivity index (χ2v) is 5.91. The van der Waals surface area contributed by atoms with E-state index in [0.29, 0.717) is 17.5 Å². The third-order valence-electron chi connectivity index (χ3n) is 4.55. The Bertz CT molecular complexity index is 611. The van der Waals surface area contributed by atoms with Crippen LogP contribution in [0.4, 0.5) is 0 Å². The van der Waals surface area contributed by atoms with Gasteiger partial charge >= 0.3 is 0 Å². The first-order valence-electron chi connectivity index (χ1n) is 7.98. The molecule has 1 aromatic carbocycles. The van der Waals surface area contributed by atoms with Gasteiger partial charge in [-0.1, -0.05) is 31.5 Å². The highest BCUT2D eigenvalue weighted by Gasteiger charge is 2.26. The van der Waals surface area contributed by atoms with Gasteiger partial charge in [-0.15, -0.1) is 0 Å². The minimum Gasteiger partial charge on any atom is -0.474 e. The van der Waals surface area contributed by atoms with Crippen molar-refractivity contribution in [1.82, 2.24) is 4.98 Å². The predicted molar refractivity (Wildman–Crippen MR) is 84.3 cm³/mol. The molecule has 2 aromatic rings. The van der Waals surface area contributed by atoms with E-state index in [9.17, 15) is 5.11 Å². The van der Waals surface area contributed by atoms with Crippen molar-refractivity contribution >= 4 is 10.8 Å². The summed E-state index contributed by atoms with van der Waals surface area (Å²) in [5.74, 6) is 1.31. The van der Waals surface area contributed by atoms with Gasteiger partial charge in [0.1, 0.15) is 6.10 Å². The number of fused-ring (bicyclic) bond motifs is 1. The molecule has 3 rings (SSSR count). The molecule has 2 unspecified atom stereocenters. The molecule has 1 N–H and O–H groups in total. The maximum Gasteiger partial charge on any atom is 0.221 e. The molecule has 1 aliphatic carbocycles. The zero-order valence-corrected chi connectivity index (χ0v) is 12.6. The van der Waals surface area contributed by atoms with E-state index in [0.717, 1.165) is 23.6 Å². The van der Waals surface area contributed by atoms with Crippen LogP contribution in [0.3, 0.4) is 0 Å². The number of ether oxygens (including phenoxy) is 1. The van der Waals surface area contributed by atoms with Crippen LogP contribution in [-0.4, -0.2) is 16.2 Å². The summed E-state index contributed by atoms with van der Waals surface area (Å²) in [6.45, 7) is 2.19. The van der Waals surface area contributed by atoms with E-state index in [2.05, 4.69) is 11.9 Å². The number of nitrogens with zero attached hydrogens (tertiary/aromatic N) is 1. The molecule has 112 valence electrons. The van der Waals surface area contributed by atoms with Gasteiger partial charge in [0.2, 0.25) is 5.88 Å². The molecule has 0 spiro atoms. The summed E-state index contributed by atoms with van der Waals surface area (Å²) in [5, 5.41) is 11.5. The zero-order chi connectivity index (χ0) is 14.7. The lowest BCUT2D eigenvalue weighted by molar-refractivity contribution is 0.0870. The number of benzene rings is 1. The lowest BCUT2D eigenvalue weighted by Crippen LogP contribution is -2.30. The van der Waals surface area contributed by atoms with Gasteiger partial charge in [-0.2, -0.15) is 0 Å². The summed E-state index contributed by atoms with van der Waals surface area (Å²) in [6, 6.07) is 10.0. The molecule has 1 fully saturated rings. The van der Waals surface area contributed by atoms with Crippen LogP contribution >= 0.6 is 0 Å². The number of aromatic nitrogens is 1. The van der Waals surface area contributed by atoms with Crippen LogP contribution in [0.1, 0.15) is 44.7 Å². The third kappa shape index (κ3) is 3.03. The highest BCUT2D eigenvalue weighted by molar-refractivity contribution is 5.87. The molecule has 21 heavy (non-hydrogen) atoms. The van der Waals surface area contributed by atoms with Crippen molar-refractivity contribution in [2.24, 2.45) is 5.92 Å². The van der Waals surface area contributed by atoms with Gasteiger partial charge in [-0.3, -0.25) is 0 Å². The van der Waals surface area contributed by atoms with Crippen LogP contribution < -0.4 is 4.74 Å². The summed E-state index contributed by atoms with van der Waals surface area (Å²) < 4.78 is 6.29. The Labute approximate surface area is 126 Å². The summed E-state index contributed by atoms with van der Waals surface area (Å²) in [4.78, 5) is 4.51. The summed E-state index contributed by atoms with van der Waals surface area (Å²) in [7, 11) is 0. The summed E-state index contributed by atoms with van der Waals surface area (Å²) in [6.07, 6.45) is 6.31. The van der Waals surface area contributed by atoms with Crippen molar-refractivity contribution in [3.05, 3.63) is 36.0 Å². The van der Waals surface area contributed by atoms with Gasteiger partial charge in [0.05, 0.1) is 12.3 Å². The van der Waals surface area contributed by atoms with E-state index >= 15 is 0 Å². The standard InChI is InChI=1S/C18H23NO2/c1-2-13-7-4-6-10-17(13)21-18-16-9-5-3-8-14(16)11-15(12-20)19-18/h3,5,8-9,11,13,17,20H,2,4,6-7,10,12H2,1H3. The lowest BCUT2D eigenvalue weighted by Gasteiger charge is -2.31. The molecule has 0 saturated heterocycles. The SMILES string of the molecule is CCC1CCCCC1Oc1nc(CO)cc2ccccc12. The molecule has 1 aromatic heterocycles. The van der Waals surface area contributed by atoms with Crippen LogP contribution in [-0.2, 0) is 6.61 Å². The molecular formula is C18H23NO2. The fraction of sp³-hybridized carbons (Fsp3) is 0.500. The van der Waals surface area contributed by atoms with Crippen molar-refractivity contribution in [3.8, 4) is 5.88 Å². The monoisotopic (exact) mass is 285 g/mol. The van der Waals surface area contributed by atoms with Gasteiger partial charge in [-0.05, 0) is 49.1 Å². The number of aliphatic hydroxyl groups is 1. The summed E-state index contributed by atoms with van der Waals surface area (Å²) in [5.41, 5.74) is 0.674. The molecule has 3 nitrogen and oxygen atoms in total. The Balaban J connectivity index is 1.95. The minimum atomic E-state index is -0.0525. The van der Waals surface area contributed by atoms with Crippen molar-refractivity contribution in [2.45, 2.75) is 51.7 Å². The van der Waals surface area contributed by atoms with Crippen molar-refractivity contribution in [2.75, 3.05) is 0 Å². The van der Waals surface area contributed by atoms with Gasteiger partial charge in [0, 0.05) is 5.39 Å². The van der Waals surface area contributed by atoms with Crippen LogP contribution in [0.25, 0.3) is 10.8 Å². The summed E-state index contributed by atoms with van der Waals surface area (Å²) >= 11 is 0. The molecule has 2 atom stereocenters. The van der Waals surface area contributed by atoms with Gasteiger partial charge in [-0.25, -0.2) is 4.98 Å². The maximum atomic E-state index is 9.41. The molecule has 0 bridgehead atoms. The Kier molecular flexibility index (Phi) is 4.39. The highest BCUT2D eigenvalue weighted by Crippen LogP contribution is 2.32. The largest absolute Gasteiger partial charge is 0.474 e. The second kappa shape index (κ2) is 6.44. The molecule has 1 aliphatic rings. The van der Waals surface area contributed by atoms with Crippen LogP contribution in [0.2, 0.25) is 0 Å². The fourth-order valence-corrected chi connectivity index (χ4v) is 3.33. The van der Waals surface area contributed by atoms with E-state index in [1.165, 1.54) is 19.3 Å². The Morgan fingerprint density at radius 1 is 1.24 bits per heavy atom. The fourth-order valence-electron chi connectivity index (χ4n) is 3.33. The minimum absolute atomic E-state index is 0.0525. The number of rotatable bonds is 4. The Morgan fingerprint density at radius 2 is 2.05 bits per heavy atom. The zero-order valence-electron chi connectivity index (χ0n) is 12.6. The maximum absolute atomic E-state index is 9.41. The first-order chi connectivity index (χ1) is 10.3. The first kappa shape index (κ1) is 14.3. The predicted octanol–water partition coefficient (Wildman–Crippen LogP) is 4.07. The van der Waals surface area contributed by atoms with E-state index < -0.39 is 0 Å². The quantitative estimate of drug-likeness (QED) is 0.920. The van der Waals surface area contributed by atoms with Crippen LogP contribution in [0, 0.1) is 5.92 Å². The molecule has 0 radical (unpaired) electrons. The van der Waals surface area contributed by atoms with Gasteiger partial charge in [0.25, 0.3) is 0 Å². The van der Waals surface area contributed by atoms with E-state index in [1.54, 1.807) is 0 Å². The average molecular weight is 285 g/mol. The highest BCUT2D eigenvalue weighted by atomic mass is 16.5. The molecule has 3 heteroatoms. The molecular weight excluding hydrogens is 262 g/mol. The molecule has 0 amide bonds. The second-order valence-electron chi connectivity index (χ2n) is 5.91. The lowest BCUT2D eigenvalue weighted by atomic mass is 9.85. The molecule has 0 aliphatic heterocycles. The Hall–Kier alpha value is -1.61. The van der Waals surface area contributed by atoms with E-state index in [-0.39, 0.29) is 12.7 Å². The number of hydrogen-bond acceptors (Lipinski definition) is 3. The smallest absolute Gasteiger partial charge is 0.221 e. The first-order valence-corrected chi connectivity index (χ1v) is 7.98. The third-order valence-corrected chi connectivity index (χ3v) is 4.55. The van der Waals surface area contributed by atoms with Gasteiger partial charge in [0.15, 0.2) is 0 Å². The van der Waals surface area contributed by atoms with Gasteiger partial charge < -0.3 is 9.84 Å². The van der Waals surface area contributed by atoms with Crippen LogP contribution in [0.5, 0.6) is 5.88 Å². The number of aliphatic hydroxyl groups excluding tert-OH is 1. The number of hydrogen-bond donors (Lipinski definition) is 1. The number of pyridine rings is 1. The average Bonchev–Trinajstić information content (AvgIpc) is 2.55. The molecule has 1 heterocycles. The van der Waals surface area contributed by atoms with Crippen molar-refractivity contribution < 1.29 is 9.84 Å².